The van der Waals surface area contributed by atoms with Gasteiger partial charge >= 0.3 is 0 Å². The fraction of sp³-hybridized carbons (Fsp3) is 0.429. The van der Waals surface area contributed by atoms with E-state index in [-0.39, 0.29) is 10.8 Å². The van der Waals surface area contributed by atoms with Gasteiger partial charge in [0.1, 0.15) is 0 Å². The molecule has 1 unspecified atom stereocenters. The Morgan fingerprint density at radius 2 is 1.41 bits per heavy atom. The summed E-state index contributed by atoms with van der Waals surface area (Å²) < 4.78 is 0. The first-order valence-corrected chi connectivity index (χ1v) is 9.07. The smallest absolute Gasteiger partial charge is 0.0101 e. The zero-order chi connectivity index (χ0) is 16.2. The molecule has 0 amide bonds. The summed E-state index contributed by atoms with van der Waals surface area (Å²) in [6.07, 6.45) is 1.18. The lowest BCUT2D eigenvalue weighted by Gasteiger charge is -2.43. The van der Waals surface area contributed by atoms with E-state index >= 15 is 0 Å². The monoisotopic (exact) mass is 312 g/mol. The molecule has 0 bridgehead atoms. The third-order valence-electron chi connectivity index (χ3n) is 5.02. The van der Waals surface area contributed by atoms with Crippen molar-refractivity contribution >= 4 is 11.8 Å². The summed E-state index contributed by atoms with van der Waals surface area (Å²) in [4.78, 5) is 1.41. The number of benzene rings is 2. The minimum Gasteiger partial charge on any atom is -0.126 e. The SMILES string of the molecule is Cc1ccccc1SCCC(C)(c1ccccc1)C(C)(C)C. The number of rotatable bonds is 5. The molecule has 0 fully saturated rings. The highest BCUT2D eigenvalue weighted by molar-refractivity contribution is 7.99. The van der Waals surface area contributed by atoms with Crippen LogP contribution in [0.1, 0.15) is 45.2 Å². The van der Waals surface area contributed by atoms with E-state index in [9.17, 15) is 0 Å². The first-order chi connectivity index (χ1) is 10.3. The highest BCUT2D eigenvalue weighted by Crippen LogP contribution is 2.45. The van der Waals surface area contributed by atoms with Gasteiger partial charge in [-0.05, 0) is 47.1 Å². The van der Waals surface area contributed by atoms with Crippen molar-refractivity contribution < 1.29 is 0 Å². The molecule has 2 rings (SSSR count). The molecule has 0 aromatic heterocycles. The fourth-order valence-corrected chi connectivity index (χ4v) is 4.04. The van der Waals surface area contributed by atoms with Gasteiger partial charge in [-0.2, -0.15) is 0 Å². The van der Waals surface area contributed by atoms with Crippen LogP contribution in [0.4, 0.5) is 0 Å². The van der Waals surface area contributed by atoms with Crippen LogP contribution in [0.3, 0.4) is 0 Å². The average Bonchev–Trinajstić information content (AvgIpc) is 2.49. The molecule has 1 atom stereocenters. The summed E-state index contributed by atoms with van der Waals surface area (Å²) in [5.74, 6) is 1.15. The molecule has 0 nitrogen and oxygen atoms in total. The molecule has 22 heavy (non-hydrogen) atoms. The predicted octanol–water partition coefficient (Wildman–Crippen LogP) is 6.48. The van der Waals surface area contributed by atoms with Crippen molar-refractivity contribution in [3.8, 4) is 0 Å². The van der Waals surface area contributed by atoms with E-state index in [2.05, 4.69) is 89.2 Å². The van der Waals surface area contributed by atoms with Gasteiger partial charge in [0, 0.05) is 4.90 Å². The second-order valence-electron chi connectivity index (χ2n) is 7.31. The van der Waals surface area contributed by atoms with Crippen LogP contribution < -0.4 is 0 Å². The van der Waals surface area contributed by atoms with Gasteiger partial charge in [-0.15, -0.1) is 11.8 Å². The average molecular weight is 313 g/mol. The van der Waals surface area contributed by atoms with Crippen LogP contribution >= 0.6 is 11.8 Å². The normalized spacial score (nSPS) is 14.6. The maximum absolute atomic E-state index is 2.42. The highest BCUT2D eigenvalue weighted by Gasteiger charge is 2.38. The van der Waals surface area contributed by atoms with Crippen molar-refractivity contribution in [3.05, 3.63) is 65.7 Å². The molecular formula is C21H28S. The van der Waals surface area contributed by atoms with Gasteiger partial charge in [-0.1, -0.05) is 76.2 Å². The largest absolute Gasteiger partial charge is 0.126 e. The number of hydrogen-bond donors (Lipinski definition) is 0. The molecule has 0 saturated carbocycles. The molecule has 1 heteroatoms. The Kier molecular flexibility index (Phi) is 5.39. The van der Waals surface area contributed by atoms with E-state index in [0.717, 1.165) is 5.75 Å². The summed E-state index contributed by atoms with van der Waals surface area (Å²) in [6, 6.07) is 19.7. The van der Waals surface area contributed by atoms with E-state index in [4.69, 9.17) is 0 Å². The summed E-state index contributed by atoms with van der Waals surface area (Å²) >= 11 is 1.98. The van der Waals surface area contributed by atoms with Crippen molar-refractivity contribution in [2.24, 2.45) is 5.41 Å². The number of hydrogen-bond acceptors (Lipinski definition) is 1. The lowest BCUT2D eigenvalue weighted by molar-refractivity contribution is 0.197. The van der Waals surface area contributed by atoms with Gasteiger partial charge in [0.05, 0.1) is 0 Å². The van der Waals surface area contributed by atoms with Gasteiger partial charge < -0.3 is 0 Å². The van der Waals surface area contributed by atoms with Crippen LogP contribution in [0.25, 0.3) is 0 Å². The lowest BCUT2D eigenvalue weighted by Crippen LogP contribution is -2.37. The molecule has 0 aliphatic carbocycles. The first-order valence-electron chi connectivity index (χ1n) is 8.08. The molecular weight excluding hydrogens is 284 g/mol. The Bertz CT molecular complexity index is 595. The quantitative estimate of drug-likeness (QED) is 0.569. The Morgan fingerprint density at radius 1 is 0.818 bits per heavy atom. The van der Waals surface area contributed by atoms with Crippen LogP contribution in [0, 0.1) is 12.3 Å². The Hall–Kier alpha value is -1.21. The first kappa shape index (κ1) is 17.1. The van der Waals surface area contributed by atoms with Crippen molar-refractivity contribution in [2.45, 2.75) is 51.3 Å². The number of aryl methyl sites for hydroxylation is 1. The summed E-state index contributed by atoms with van der Waals surface area (Å²) in [5.41, 5.74) is 3.25. The second-order valence-corrected chi connectivity index (χ2v) is 8.45. The van der Waals surface area contributed by atoms with Gasteiger partial charge in [0.15, 0.2) is 0 Å². The molecule has 118 valence electrons. The van der Waals surface area contributed by atoms with Crippen LogP contribution in [0.5, 0.6) is 0 Å². The molecule has 0 saturated heterocycles. The molecule has 0 aliphatic heterocycles. The Labute approximate surface area is 140 Å². The van der Waals surface area contributed by atoms with E-state index < -0.39 is 0 Å². The molecule has 0 aliphatic rings. The molecule has 0 spiro atoms. The minimum atomic E-state index is 0.184. The van der Waals surface area contributed by atoms with E-state index in [0.29, 0.717) is 0 Å². The highest BCUT2D eigenvalue weighted by atomic mass is 32.2. The van der Waals surface area contributed by atoms with Crippen LogP contribution in [0.2, 0.25) is 0 Å². The van der Waals surface area contributed by atoms with Crippen molar-refractivity contribution in [2.75, 3.05) is 5.75 Å². The third kappa shape index (κ3) is 3.76. The van der Waals surface area contributed by atoms with Crippen LogP contribution in [-0.4, -0.2) is 5.75 Å². The topological polar surface area (TPSA) is 0 Å². The third-order valence-corrected chi connectivity index (χ3v) is 6.20. The molecule has 2 aromatic rings. The van der Waals surface area contributed by atoms with Gasteiger partial charge in [0.2, 0.25) is 0 Å². The fourth-order valence-electron chi connectivity index (χ4n) is 2.84. The zero-order valence-electron chi connectivity index (χ0n) is 14.5. The van der Waals surface area contributed by atoms with Crippen molar-refractivity contribution in [1.82, 2.24) is 0 Å². The van der Waals surface area contributed by atoms with Crippen LogP contribution in [-0.2, 0) is 5.41 Å². The minimum absolute atomic E-state index is 0.184. The summed E-state index contributed by atoms with van der Waals surface area (Å²) in [5, 5.41) is 0. The van der Waals surface area contributed by atoms with Gasteiger partial charge in [0.25, 0.3) is 0 Å². The van der Waals surface area contributed by atoms with Gasteiger partial charge in [-0.3, -0.25) is 0 Å². The maximum atomic E-state index is 2.42. The lowest BCUT2D eigenvalue weighted by atomic mass is 9.62. The second kappa shape index (κ2) is 6.91. The Balaban J connectivity index is 2.14. The van der Waals surface area contributed by atoms with E-state index in [1.807, 2.05) is 11.8 Å². The number of thioether (sulfide) groups is 1. The standard InChI is InChI=1S/C21H28S/c1-17-11-9-10-14-19(17)22-16-15-21(5,20(2,3)4)18-12-7-6-8-13-18/h6-14H,15-16H2,1-5H3. The van der Waals surface area contributed by atoms with Gasteiger partial charge in [-0.25, -0.2) is 0 Å². The maximum Gasteiger partial charge on any atom is 0.0101 e. The molecule has 2 aromatic carbocycles. The zero-order valence-corrected chi connectivity index (χ0v) is 15.3. The predicted molar refractivity (Wildman–Crippen MR) is 99.8 cm³/mol. The van der Waals surface area contributed by atoms with Crippen LogP contribution in [0.15, 0.2) is 59.5 Å². The van der Waals surface area contributed by atoms with E-state index in [1.54, 1.807) is 0 Å². The van der Waals surface area contributed by atoms with E-state index in [1.165, 1.54) is 22.4 Å². The molecule has 0 heterocycles. The summed E-state index contributed by atoms with van der Waals surface area (Å²) in [7, 11) is 0. The van der Waals surface area contributed by atoms with Crippen molar-refractivity contribution in [3.63, 3.8) is 0 Å². The van der Waals surface area contributed by atoms with Crippen molar-refractivity contribution in [1.29, 1.82) is 0 Å². The summed E-state index contributed by atoms with van der Waals surface area (Å²) in [6.45, 7) is 11.7. The Morgan fingerprint density at radius 3 is 2.00 bits per heavy atom. The molecule has 0 N–H and O–H groups in total. The molecule has 0 radical (unpaired) electrons.